The van der Waals surface area contributed by atoms with Crippen LogP contribution in [0.4, 0.5) is 13.2 Å². The van der Waals surface area contributed by atoms with Crippen LogP contribution in [-0.2, 0) is 11.0 Å². The van der Waals surface area contributed by atoms with Gasteiger partial charge in [0.25, 0.3) is 0 Å². The number of rotatable bonds is 3. The number of benzene rings is 1. The molecule has 1 rings (SSSR count). The predicted molar refractivity (Wildman–Crippen MR) is 54.7 cm³/mol. The Bertz CT molecular complexity index is 450. The van der Waals surface area contributed by atoms with Gasteiger partial charge in [-0.05, 0) is 18.2 Å². The van der Waals surface area contributed by atoms with E-state index in [9.17, 15) is 18.0 Å². The zero-order valence-corrected chi connectivity index (χ0v) is 8.78. The largest absolute Gasteiger partial charge is 0.496 e. The zero-order chi connectivity index (χ0) is 13.1. The lowest BCUT2D eigenvalue weighted by Crippen LogP contribution is -2.05. The lowest BCUT2D eigenvalue weighted by atomic mass is 10.1. The first-order valence-corrected chi connectivity index (χ1v) is 4.51. The topological polar surface area (TPSA) is 46.5 Å². The average molecular weight is 246 g/mol. The molecular weight excluding hydrogens is 237 g/mol. The van der Waals surface area contributed by atoms with E-state index in [0.717, 1.165) is 24.3 Å². The van der Waals surface area contributed by atoms with Crippen LogP contribution in [0.2, 0.25) is 0 Å². The van der Waals surface area contributed by atoms with Crippen LogP contribution in [-0.4, -0.2) is 18.2 Å². The molecule has 0 saturated carbocycles. The molecule has 0 aliphatic rings. The first-order valence-electron chi connectivity index (χ1n) is 4.51. The Morgan fingerprint density at radius 2 is 2.06 bits per heavy atom. The van der Waals surface area contributed by atoms with Crippen LogP contribution < -0.4 is 4.74 Å². The van der Waals surface area contributed by atoms with Crippen molar-refractivity contribution < 1.29 is 27.8 Å². The monoisotopic (exact) mass is 246 g/mol. The summed E-state index contributed by atoms with van der Waals surface area (Å²) in [6.07, 6.45) is -2.46. The first kappa shape index (κ1) is 13.1. The normalized spacial score (nSPS) is 11.8. The second kappa shape index (κ2) is 4.90. The minimum absolute atomic E-state index is 0.0303. The molecule has 0 bridgehead atoms. The summed E-state index contributed by atoms with van der Waals surface area (Å²) in [6, 6.07) is 2.84. The molecule has 1 aromatic rings. The highest BCUT2D eigenvalue weighted by atomic mass is 19.4. The summed E-state index contributed by atoms with van der Waals surface area (Å²) >= 11 is 0. The van der Waals surface area contributed by atoms with Crippen molar-refractivity contribution in [3.63, 3.8) is 0 Å². The van der Waals surface area contributed by atoms with Gasteiger partial charge in [0.05, 0.1) is 12.7 Å². The Hall–Kier alpha value is -1.98. The highest BCUT2D eigenvalue weighted by molar-refractivity contribution is 5.85. The molecule has 0 atom stereocenters. The van der Waals surface area contributed by atoms with Crippen molar-refractivity contribution in [3.05, 3.63) is 35.4 Å². The number of aliphatic carboxylic acids is 1. The van der Waals surface area contributed by atoms with E-state index in [2.05, 4.69) is 0 Å². The average Bonchev–Trinajstić information content (AvgIpc) is 2.24. The minimum Gasteiger partial charge on any atom is -0.496 e. The summed E-state index contributed by atoms with van der Waals surface area (Å²) in [7, 11) is 1.22. The van der Waals surface area contributed by atoms with Crippen LogP contribution in [0.3, 0.4) is 0 Å². The van der Waals surface area contributed by atoms with Gasteiger partial charge in [-0.15, -0.1) is 0 Å². The van der Waals surface area contributed by atoms with Gasteiger partial charge in [0.2, 0.25) is 0 Å². The van der Waals surface area contributed by atoms with Gasteiger partial charge < -0.3 is 9.84 Å². The van der Waals surface area contributed by atoms with Crippen LogP contribution in [0.15, 0.2) is 24.3 Å². The molecule has 6 heteroatoms. The number of ether oxygens (including phenoxy) is 1. The Balaban J connectivity index is 3.14. The molecule has 0 radical (unpaired) electrons. The van der Waals surface area contributed by atoms with E-state index in [0.29, 0.717) is 0 Å². The van der Waals surface area contributed by atoms with Gasteiger partial charge >= 0.3 is 12.1 Å². The van der Waals surface area contributed by atoms with E-state index in [4.69, 9.17) is 9.84 Å². The molecule has 0 amide bonds. The van der Waals surface area contributed by atoms with Crippen LogP contribution in [0.1, 0.15) is 11.1 Å². The molecule has 0 fully saturated rings. The number of hydrogen-bond donors (Lipinski definition) is 1. The van der Waals surface area contributed by atoms with Crippen molar-refractivity contribution >= 4 is 12.0 Å². The van der Waals surface area contributed by atoms with Gasteiger partial charge in [-0.1, -0.05) is 6.07 Å². The second-order valence-electron chi connectivity index (χ2n) is 3.13. The maximum atomic E-state index is 12.4. The van der Waals surface area contributed by atoms with Crippen molar-refractivity contribution in [1.29, 1.82) is 0 Å². The molecule has 0 spiro atoms. The highest BCUT2D eigenvalue weighted by Gasteiger charge is 2.31. The standard InChI is InChI=1S/C11H9F3O3/c1-17-9-6-8(11(12,13)14)4-2-7(9)3-5-10(15)16/h2-6H,1H3,(H,15,16)/b5-3+. The molecule has 0 aromatic heterocycles. The van der Waals surface area contributed by atoms with E-state index in [1.165, 1.54) is 13.2 Å². The number of halogens is 3. The summed E-state index contributed by atoms with van der Waals surface area (Å²) in [5.74, 6) is -1.22. The fourth-order valence-corrected chi connectivity index (χ4v) is 1.19. The fourth-order valence-electron chi connectivity index (χ4n) is 1.19. The molecule has 3 nitrogen and oxygen atoms in total. The van der Waals surface area contributed by atoms with E-state index < -0.39 is 17.7 Å². The quantitative estimate of drug-likeness (QED) is 0.834. The number of carbonyl (C=O) groups is 1. The third-order valence-electron chi connectivity index (χ3n) is 1.97. The lowest BCUT2D eigenvalue weighted by Gasteiger charge is -2.10. The summed E-state index contributed by atoms with van der Waals surface area (Å²) in [5.41, 5.74) is -0.579. The van der Waals surface area contributed by atoms with Gasteiger partial charge in [0.15, 0.2) is 0 Å². The van der Waals surface area contributed by atoms with Crippen molar-refractivity contribution in [3.8, 4) is 5.75 Å². The minimum atomic E-state index is -4.46. The summed E-state index contributed by atoms with van der Waals surface area (Å²) in [6.45, 7) is 0. The van der Waals surface area contributed by atoms with Gasteiger partial charge in [-0.3, -0.25) is 0 Å². The van der Waals surface area contributed by atoms with Crippen molar-refractivity contribution in [2.75, 3.05) is 7.11 Å². The van der Waals surface area contributed by atoms with Crippen LogP contribution >= 0.6 is 0 Å². The molecule has 17 heavy (non-hydrogen) atoms. The molecule has 1 aromatic carbocycles. The summed E-state index contributed by atoms with van der Waals surface area (Å²) in [4.78, 5) is 10.3. The third-order valence-corrected chi connectivity index (χ3v) is 1.97. The fraction of sp³-hybridized carbons (Fsp3) is 0.182. The Labute approximate surface area is 95.1 Å². The van der Waals surface area contributed by atoms with E-state index >= 15 is 0 Å². The Morgan fingerprint density at radius 1 is 1.41 bits per heavy atom. The van der Waals surface area contributed by atoms with Crippen molar-refractivity contribution in [1.82, 2.24) is 0 Å². The van der Waals surface area contributed by atoms with E-state index in [1.807, 2.05) is 0 Å². The molecule has 0 heterocycles. The molecule has 0 saturated heterocycles. The SMILES string of the molecule is COc1cc(C(F)(F)F)ccc1/C=C/C(=O)O. The van der Waals surface area contributed by atoms with Crippen molar-refractivity contribution in [2.45, 2.75) is 6.18 Å². The maximum Gasteiger partial charge on any atom is 0.416 e. The number of carboxylic acids is 1. The third kappa shape index (κ3) is 3.51. The molecule has 92 valence electrons. The first-order chi connectivity index (χ1) is 7.84. The van der Waals surface area contributed by atoms with E-state index in [-0.39, 0.29) is 11.3 Å². The van der Waals surface area contributed by atoms with Gasteiger partial charge in [0.1, 0.15) is 5.75 Å². The second-order valence-corrected chi connectivity index (χ2v) is 3.13. The molecule has 0 unspecified atom stereocenters. The van der Waals surface area contributed by atoms with Crippen LogP contribution in [0, 0.1) is 0 Å². The molecular formula is C11H9F3O3. The van der Waals surface area contributed by atoms with Crippen molar-refractivity contribution in [2.24, 2.45) is 0 Å². The van der Waals surface area contributed by atoms with Gasteiger partial charge in [-0.2, -0.15) is 13.2 Å². The number of methoxy groups -OCH3 is 1. The summed E-state index contributed by atoms with van der Waals surface area (Å²) < 4.78 is 41.9. The van der Waals surface area contributed by atoms with E-state index in [1.54, 1.807) is 0 Å². The number of carboxylic acid groups (broad SMARTS) is 1. The lowest BCUT2D eigenvalue weighted by molar-refractivity contribution is -0.137. The summed E-state index contributed by atoms with van der Waals surface area (Å²) in [5, 5.41) is 8.41. The Morgan fingerprint density at radius 3 is 2.53 bits per heavy atom. The predicted octanol–water partition coefficient (Wildman–Crippen LogP) is 2.81. The smallest absolute Gasteiger partial charge is 0.416 e. The molecule has 1 N–H and O–H groups in total. The van der Waals surface area contributed by atoms with Crippen LogP contribution in [0.25, 0.3) is 6.08 Å². The van der Waals surface area contributed by atoms with Gasteiger partial charge in [-0.25, -0.2) is 4.79 Å². The number of hydrogen-bond acceptors (Lipinski definition) is 2. The molecule has 0 aliphatic heterocycles. The van der Waals surface area contributed by atoms with Crippen LogP contribution in [0.5, 0.6) is 5.75 Å². The number of alkyl halides is 3. The van der Waals surface area contributed by atoms with Gasteiger partial charge in [0, 0.05) is 11.6 Å². The highest BCUT2D eigenvalue weighted by Crippen LogP contribution is 2.33. The molecule has 0 aliphatic carbocycles. The zero-order valence-electron chi connectivity index (χ0n) is 8.78. The Kier molecular flexibility index (Phi) is 3.77. The maximum absolute atomic E-state index is 12.4.